The summed E-state index contributed by atoms with van der Waals surface area (Å²) in [6, 6.07) is 0.0949. The Morgan fingerprint density at radius 3 is 2.64 bits per heavy atom. The minimum absolute atomic E-state index is 0.0844. The topological polar surface area (TPSA) is 49.8 Å². The summed E-state index contributed by atoms with van der Waals surface area (Å²) in [7, 11) is 1.61. The molecule has 1 aliphatic rings. The van der Waals surface area contributed by atoms with E-state index in [0.717, 1.165) is 6.42 Å². The minimum Gasteiger partial charge on any atom is -0.465 e. The van der Waals surface area contributed by atoms with E-state index in [1.807, 2.05) is 6.92 Å². The lowest BCUT2D eigenvalue weighted by atomic mass is 10.2. The van der Waals surface area contributed by atoms with Gasteiger partial charge < -0.3 is 14.7 Å². The van der Waals surface area contributed by atoms with E-state index in [9.17, 15) is 4.79 Å². The number of hydrogen-bond acceptors (Lipinski definition) is 2. The predicted octanol–water partition coefficient (Wildman–Crippen LogP) is 0.774. The molecule has 0 unspecified atom stereocenters. The van der Waals surface area contributed by atoms with Crippen molar-refractivity contribution in [2.45, 2.75) is 25.5 Å². The van der Waals surface area contributed by atoms with Crippen molar-refractivity contribution in [3.8, 4) is 0 Å². The van der Waals surface area contributed by atoms with Gasteiger partial charge in [-0.2, -0.15) is 0 Å². The molecular formula is C7H13NO3. The lowest BCUT2D eigenvalue weighted by Crippen LogP contribution is -2.32. The number of carboxylic acid groups (broad SMARTS) is 1. The van der Waals surface area contributed by atoms with Gasteiger partial charge in [-0.1, -0.05) is 0 Å². The maximum absolute atomic E-state index is 10.5. The van der Waals surface area contributed by atoms with Gasteiger partial charge in [-0.3, -0.25) is 0 Å². The lowest BCUT2D eigenvalue weighted by molar-refractivity contribution is 0.103. The predicted molar refractivity (Wildman–Crippen MR) is 39.6 cm³/mol. The zero-order valence-electron chi connectivity index (χ0n) is 6.78. The van der Waals surface area contributed by atoms with Crippen molar-refractivity contribution in [2.24, 2.45) is 0 Å². The van der Waals surface area contributed by atoms with Crippen LogP contribution in [0.3, 0.4) is 0 Å². The quantitative estimate of drug-likeness (QED) is 0.615. The van der Waals surface area contributed by atoms with Crippen molar-refractivity contribution in [1.29, 1.82) is 0 Å². The van der Waals surface area contributed by atoms with Crippen LogP contribution < -0.4 is 0 Å². The van der Waals surface area contributed by atoms with E-state index in [1.54, 1.807) is 7.11 Å². The molecule has 1 heterocycles. The third-order valence-corrected chi connectivity index (χ3v) is 2.12. The Morgan fingerprint density at radius 2 is 2.36 bits per heavy atom. The van der Waals surface area contributed by atoms with Crippen LogP contribution >= 0.6 is 0 Å². The van der Waals surface area contributed by atoms with E-state index >= 15 is 0 Å². The monoisotopic (exact) mass is 159 g/mol. The summed E-state index contributed by atoms with van der Waals surface area (Å²) in [4.78, 5) is 12.0. The van der Waals surface area contributed by atoms with Gasteiger partial charge in [-0.25, -0.2) is 4.79 Å². The second-order valence-corrected chi connectivity index (χ2v) is 2.88. The molecule has 1 amide bonds. The average Bonchev–Trinajstić information content (AvgIpc) is 2.30. The third kappa shape index (κ3) is 1.63. The first kappa shape index (κ1) is 8.33. The zero-order chi connectivity index (χ0) is 8.43. The third-order valence-electron chi connectivity index (χ3n) is 2.12. The summed E-state index contributed by atoms with van der Waals surface area (Å²) >= 11 is 0. The van der Waals surface area contributed by atoms with Gasteiger partial charge in [0, 0.05) is 13.2 Å². The van der Waals surface area contributed by atoms with Crippen LogP contribution in [-0.4, -0.2) is 41.9 Å². The molecule has 1 N–H and O–H groups in total. The van der Waals surface area contributed by atoms with Crippen LogP contribution in [0.25, 0.3) is 0 Å². The van der Waals surface area contributed by atoms with Crippen LogP contribution in [0.15, 0.2) is 0 Å². The van der Waals surface area contributed by atoms with E-state index in [0.29, 0.717) is 6.54 Å². The van der Waals surface area contributed by atoms with Crippen LogP contribution in [0, 0.1) is 0 Å². The highest BCUT2D eigenvalue weighted by Gasteiger charge is 2.31. The Kier molecular flexibility index (Phi) is 2.34. The van der Waals surface area contributed by atoms with Gasteiger partial charge in [0.2, 0.25) is 0 Å². The summed E-state index contributed by atoms with van der Waals surface area (Å²) in [6.45, 7) is 2.40. The molecule has 0 radical (unpaired) electrons. The Bertz CT molecular complexity index is 160. The Hall–Kier alpha value is -0.770. The fourth-order valence-electron chi connectivity index (χ4n) is 1.42. The number of amides is 1. The van der Waals surface area contributed by atoms with Gasteiger partial charge in [-0.05, 0) is 13.3 Å². The van der Waals surface area contributed by atoms with Crippen molar-refractivity contribution in [1.82, 2.24) is 4.90 Å². The number of hydrogen-bond donors (Lipinski definition) is 1. The summed E-state index contributed by atoms with van der Waals surface area (Å²) in [6.07, 6.45) is 0.0427. The Balaban J connectivity index is 2.51. The van der Waals surface area contributed by atoms with Crippen molar-refractivity contribution in [3.63, 3.8) is 0 Å². The molecule has 0 aromatic rings. The number of methoxy groups -OCH3 is 1. The van der Waals surface area contributed by atoms with Crippen LogP contribution in [0.5, 0.6) is 0 Å². The van der Waals surface area contributed by atoms with E-state index < -0.39 is 6.09 Å². The molecule has 11 heavy (non-hydrogen) atoms. The van der Waals surface area contributed by atoms with Gasteiger partial charge in [0.1, 0.15) is 0 Å². The molecule has 1 rings (SSSR count). The second-order valence-electron chi connectivity index (χ2n) is 2.88. The van der Waals surface area contributed by atoms with Crippen LogP contribution in [-0.2, 0) is 4.74 Å². The fourth-order valence-corrected chi connectivity index (χ4v) is 1.42. The summed E-state index contributed by atoms with van der Waals surface area (Å²) < 4.78 is 5.06. The molecule has 0 bridgehead atoms. The van der Waals surface area contributed by atoms with Crippen LogP contribution in [0.2, 0.25) is 0 Å². The molecule has 1 fully saturated rings. The van der Waals surface area contributed by atoms with Gasteiger partial charge in [0.15, 0.2) is 0 Å². The van der Waals surface area contributed by atoms with Crippen molar-refractivity contribution < 1.29 is 14.6 Å². The van der Waals surface area contributed by atoms with Crippen molar-refractivity contribution in [2.75, 3.05) is 13.7 Å². The van der Waals surface area contributed by atoms with E-state index in [2.05, 4.69) is 0 Å². The highest BCUT2D eigenvalue weighted by Crippen LogP contribution is 2.18. The molecule has 4 nitrogen and oxygen atoms in total. The molecule has 0 aromatic carbocycles. The molecule has 0 aliphatic carbocycles. The van der Waals surface area contributed by atoms with Gasteiger partial charge in [-0.15, -0.1) is 0 Å². The molecule has 64 valence electrons. The highest BCUT2D eigenvalue weighted by atomic mass is 16.5. The average molecular weight is 159 g/mol. The number of nitrogens with zero attached hydrogens (tertiary/aromatic N) is 1. The molecule has 2 atom stereocenters. The van der Waals surface area contributed by atoms with E-state index in [-0.39, 0.29) is 12.1 Å². The first-order chi connectivity index (χ1) is 5.15. The Labute approximate surface area is 65.8 Å². The lowest BCUT2D eigenvalue weighted by Gasteiger charge is -2.15. The maximum atomic E-state index is 10.5. The first-order valence-electron chi connectivity index (χ1n) is 3.67. The second kappa shape index (κ2) is 3.09. The molecule has 0 aromatic heterocycles. The largest absolute Gasteiger partial charge is 0.465 e. The summed E-state index contributed by atoms with van der Waals surface area (Å²) in [5, 5.41) is 8.67. The number of ether oxygens (including phenoxy) is 1. The SMILES string of the molecule is CO[C@H]1C[C@H](C)N(C(=O)O)C1. The number of likely N-dealkylation sites (tertiary alicyclic amines) is 1. The maximum Gasteiger partial charge on any atom is 0.407 e. The normalized spacial score (nSPS) is 30.9. The molecule has 0 saturated carbocycles. The minimum atomic E-state index is -0.850. The number of rotatable bonds is 1. The highest BCUT2D eigenvalue weighted by molar-refractivity contribution is 5.65. The molecule has 0 spiro atoms. The standard InChI is InChI=1S/C7H13NO3/c1-5-3-6(11-2)4-8(5)7(9)10/h5-6H,3-4H2,1-2H3,(H,9,10)/t5-,6-/m0/s1. The van der Waals surface area contributed by atoms with Crippen molar-refractivity contribution in [3.05, 3.63) is 0 Å². The van der Waals surface area contributed by atoms with Gasteiger partial charge >= 0.3 is 6.09 Å². The molecule has 4 heteroatoms. The first-order valence-corrected chi connectivity index (χ1v) is 3.67. The number of carbonyl (C=O) groups is 1. The smallest absolute Gasteiger partial charge is 0.407 e. The molecule has 1 saturated heterocycles. The van der Waals surface area contributed by atoms with Crippen LogP contribution in [0.4, 0.5) is 4.79 Å². The van der Waals surface area contributed by atoms with E-state index in [4.69, 9.17) is 9.84 Å². The van der Waals surface area contributed by atoms with Gasteiger partial charge in [0.25, 0.3) is 0 Å². The van der Waals surface area contributed by atoms with Gasteiger partial charge in [0.05, 0.1) is 12.6 Å². The molecular weight excluding hydrogens is 146 g/mol. The van der Waals surface area contributed by atoms with Crippen molar-refractivity contribution >= 4 is 6.09 Å². The fraction of sp³-hybridized carbons (Fsp3) is 0.857. The summed E-state index contributed by atoms with van der Waals surface area (Å²) in [5.41, 5.74) is 0. The van der Waals surface area contributed by atoms with Crippen LogP contribution in [0.1, 0.15) is 13.3 Å². The summed E-state index contributed by atoms with van der Waals surface area (Å²) in [5.74, 6) is 0. The Morgan fingerprint density at radius 1 is 1.73 bits per heavy atom. The zero-order valence-corrected chi connectivity index (χ0v) is 6.78. The van der Waals surface area contributed by atoms with E-state index in [1.165, 1.54) is 4.90 Å². The molecule has 1 aliphatic heterocycles.